The van der Waals surface area contributed by atoms with E-state index in [1.54, 1.807) is 0 Å². The molecule has 0 saturated heterocycles. The van der Waals surface area contributed by atoms with Crippen LogP contribution in [0.15, 0.2) is 18.2 Å². The Kier molecular flexibility index (Phi) is 3.06. The first-order valence-electron chi connectivity index (χ1n) is 3.89. The van der Waals surface area contributed by atoms with Gasteiger partial charge < -0.3 is 20.4 Å². The van der Waals surface area contributed by atoms with Crippen molar-refractivity contribution < 1.29 is 25.2 Å². The summed E-state index contributed by atoms with van der Waals surface area (Å²) in [4.78, 5) is 10.4. The lowest BCUT2D eigenvalue weighted by Gasteiger charge is -2.08. The summed E-state index contributed by atoms with van der Waals surface area (Å²) in [5, 5.41) is 35.6. The summed E-state index contributed by atoms with van der Waals surface area (Å²) in [6, 6.07) is 3.76. The van der Waals surface area contributed by atoms with Gasteiger partial charge >= 0.3 is 5.97 Å². The number of aliphatic carboxylic acids is 1. The normalized spacial score (nSPS) is 12.4. The van der Waals surface area contributed by atoms with Crippen LogP contribution in [0.3, 0.4) is 0 Å². The smallest absolute Gasteiger partial charge is 0.337 e. The molecule has 1 aromatic carbocycles. The fraction of sp³-hybridized carbons (Fsp3) is 0.222. The topological polar surface area (TPSA) is 98.0 Å². The van der Waals surface area contributed by atoms with Gasteiger partial charge in [-0.15, -0.1) is 0 Å². The van der Waals surface area contributed by atoms with Crippen LogP contribution in [0, 0.1) is 0 Å². The van der Waals surface area contributed by atoms with Crippen molar-refractivity contribution in [2.75, 3.05) is 0 Å². The zero-order valence-corrected chi connectivity index (χ0v) is 7.21. The molecule has 1 rings (SSSR count). The SMILES string of the molecule is O=C(O)[C@@H](O)c1ccc(O)c(CO)c1. The molecule has 0 radical (unpaired) electrons. The summed E-state index contributed by atoms with van der Waals surface area (Å²) in [5.41, 5.74) is 0.308. The Bertz CT molecular complexity index is 347. The van der Waals surface area contributed by atoms with Crippen LogP contribution in [-0.2, 0) is 11.4 Å². The molecule has 1 aromatic rings. The number of carboxylic acids is 1. The molecule has 0 aliphatic rings. The van der Waals surface area contributed by atoms with Gasteiger partial charge in [-0.2, -0.15) is 0 Å². The Labute approximate surface area is 79.9 Å². The van der Waals surface area contributed by atoms with Crippen molar-refractivity contribution in [1.29, 1.82) is 0 Å². The number of rotatable bonds is 3. The molecule has 0 heterocycles. The van der Waals surface area contributed by atoms with Crippen molar-refractivity contribution in [1.82, 2.24) is 0 Å². The average Bonchev–Trinajstić information content (AvgIpc) is 2.17. The molecular formula is C9H10O5. The second-order valence-corrected chi connectivity index (χ2v) is 2.79. The van der Waals surface area contributed by atoms with Gasteiger partial charge in [0, 0.05) is 5.56 Å². The molecule has 0 amide bonds. The molecule has 5 nitrogen and oxygen atoms in total. The first kappa shape index (κ1) is 10.5. The van der Waals surface area contributed by atoms with E-state index < -0.39 is 18.7 Å². The highest BCUT2D eigenvalue weighted by Gasteiger charge is 2.16. The van der Waals surface area contributed by atoms with E-state index in [1.165, 1.54) is 18.2 Å². The highest BCUT2D eigenvalue weighted by Crippen LogP contribution is 2.22. The predicted molar refractivity (Wildman–Crippen MR) is 46.6 cm³/mol. The number of benzene rings is 1. The number of hydrogen-bond acceptors (Lipinski definition) is 4. The van der Waals surface area contributed by atoms with Gasteiger partial charge in [-0.3, -0.25) is 0 Å². The average molecular weight is 198 g/mol. The third kappa shape index (κ3) is 2.01. The van der Waals surface area contributed by atoms with Gasteiger partial charge in [-0.1, -0.05) is 6.07 Å². The molecule has 0 spiro atoms. The molecule has 4 N–H and O–H groups in total. The van der Waals surface area contributed by atoms with Crippen molar-refractivity contribution in [2.45, 2.75) is 12.7 Å². The number of aliphatic hydroxyl groups is 2. The van der Waals surface area contributed by atoms with Gasteiger partial charge in [-0.05, 0) is 17.7 Å². The van der Waals surface area contributed by atoms with Crippen LogP contribution in [0.2, 0.25) is 0 Å². The van der Waals surface area contributed by atoms with Crippen molar-refractivity contribution in [3.8, 4) is 5.75 Å². The third-order valence-electron chi connectivity index (χ3n) is 1.82. The van der Waals surface area contributed by atoms with Crippen molar-refractivity contribution >= 4 is 5.97 Å². The fourth-order valence-corrected chi connectivity index (χ4v) is 1.04. The number of aromatic hydroxyl groups is 1. The molecule has 0 unspecified atom stereocenters. The van der Waals surface area contributed by atoms with E-state index in [9.17, 15) is 4.79 Å². The van der Waals surface area contributed by atoms with Gasteiger partial charge in [0.1, 0.15) is 5.75 Å². The Hall–Kier alpha value is -1.59. The maximum absolute atomic E-state index is 10.4. The molecule has 1 atom stereocenters. The van der Waals surface area contributed by atoms with Crippen molar-refractivity contribution in [2.24, 2.45) is 0 Å². The lowest BCUT2D eigenvalue weighted by Crippen LogP contribution is -2.10. The fourth-order valence-electron chi connectivity index (χ4n) is 1.04. The Morgan fingerprint density at radius 3 is 2.57 bits per heavy atom. The van der Waals surface area contributed by atoms with E-state index >= 15 is 0 Å². The first-order valence-corrected chi connectivity index (χ1v) is 3.89. The van der Waals surface area contributed by atoms with Crippen LogP contribution in [0.4, 0.5) is 0 Å². The van der Waals surface area contributed by atoms with Crippen LogP contribution >= 0.6 is 0 Å². The molecule has 0 fully saturated rings. The largest absolute Gasteiger partial charge is 0.508 e. The summed E-state index contributed by atoms with van der Waals surface area (Å²) in [5.74, 6) is -1.51. The lowest BCUT2D eigenvalue weighted by atomic mass is 10.1. The van der Waals surface area contributed by atoms with E-state index in [2.05, 4.69) is 0 Å². The summed E-state index contributed by atoms with van der Waals surface area (Å²) >= 11 is 0. The van der Waals surface area contributed by atoms with Crippen molar-refractivity contribution in [3.05, 3.63) is 29.3 Å². The highest BCUT2D eigenvalue weighted by molar-refractivity contribution is 5.74. The minimum Gasteiger partial charge on any atom is -0.508 e. The first-order chi connectivity index (χ1) is 6.56. The molecule has 5 heteroatoms. The molecule has 0 saturated carbocycles. The zero-order valence-electron chi connectivity index (χ0n) is 7.21. The minimum atomic E-state index is -1.64. The monoisotopic (exact) mass is 198 g/mol. The molecule has 0 bridgehead atoms. The number of phenols is 1. The third-order valence-corrected chi connectivity index (χ3v) is 1.82. The maximum Gasteiger partial charge on any atom is 0.337 e. The second-order valence-electron chi connectivity index (χ2n) is 2.79. The number of carbonyl (C=O) groups is 1. The molecule has 76 valence electrons. The Balaban J connectivity index is 3.06. The standard InChI is InChI=1S/C9H10O5/c10-4-6-3-5(1-2-7(6)11)8(12)9(13)14/h1-3,8,10-12H,4H2,(H,13,14)/t8-/m0/s1. The van der Waals surface area contributed by atoms with E-state index in [4.69, 9.17) is 20.4 Å². The van der Waals surface area contributed by atoms with E-state index in [0.717, 1.165) is 0 Å². The number of hydrogen-bond donors (Lipinski definition) is 4. The van der Waals surface area contributed by atoms with Gasteiger partial charge in [0.2, 0.25) is 0 Å². The summed E-state index contributed by atoms with van der Waals surface area (Å²) < 4.78 is 0. The Morgan fingerprint density at radius 1 is 1.43 bits per heavy atom. The lowest BCUT2D eigenvalue weighted by molar-refractivity contribution is -0.146. The summed E-state index contributed by atoms with van der Waals surface area (Å²) in [7, 11) is 0. The Morgan fingerprint density at radius 2 is 2.07 bits per heavy atom. The molecule has 0 aromatic heterocycles. The van der Waals surface area contributed by atoms with E-state index in [1.807, 2.05) is 0 Å². The van der Waals surface area contributed by atoms with Crippen LogP contribution in [0.5, 0.6) is 5.75 Å². The van der Waals surface area contributed by atoms with Gasteiger partial charge in [0.15, 0.2) is 6.10 Å². The maximum atomic E-state index is 10.4. The number of carboxylic acid groups (broad SMARTS) is 1. The molecular weight excluding hydrogens is 188 g/mol. The van der Waals surface area contributed by atoms with E-state index in [-0.39, 0.29) is 16.9 Å². The zero-order chi connectivity index (χ0) is 10.7. The van der Waals surface area contributed by atoms with E-state index in [0.29, 0.717) is 0 Å². The van der Waals surface area contributed by atoms with Gasteiger partial charge in [0.05, 0.1) is 6.61 Å². The van der Waals surface area contributed by atoms with Gasteiger partial charge in [0.25, 0.3) is 0 Å². The summed E-state index contributed by atoms with van der Waals surface area (Å²) in [6.45, 7) is -0.411. The van der Waals surface area contributed by atoms with Crippen LogP contribution in [-0.4, -0.2) is 26.4 Å². The van der Waals surface area contributed by atoms with Gasteiger partial charge in [-0.25, -0.2) is 4.79 Å². The van der Waals surface area contributed by atoms with Crippen LogP contribution in [0.1, 0.15) is 17.2 Å². The van der Waals surface area contributed by atoms with Crippen molar-refractivity contribution in [3.63, 3.8) is 0 Å². The molecule has 0 aliphatic heterocycles. The summed E-state index contributed by atoms with van der Waals surface area (Å²) in [6.07, 6.45) is -1.64. The molecule has 14 heavy (non-hydrogen) atoms. The molecule has 0 aliphatic carbocycles. The minimum absolute atomic E-state index is 0.124. The van der Waals surface area contributed by atoms with Crippen LogP contribution < -0.4 is 0 Å². The highest BCUT2D eigenvalue weighted by atomic mass is 16.4. The predicted octanol–water partition coefficient (Wildman–Crippen LogP) is 0.00250. The quantitative estimate of drug-likeness (QED) is 0.548. The number of aliphatic hydroxyl groups excluding tert-OH is 2. The second kappa shape index (κ2) is 4.08. The van der Waals surface area contributed by atoms with Crippen LogP contribution in [0.25, 0.3) is 0 Å².